The molecule has 17 heavy (non-hydrogen) atoms. The molecule has 4 heteroatoms. The average Bonchev–Trinajstić information content (AvgIpc) is 2.31. The van der Waals surface area contributed by atoms with Gasteiger partial charge in [0.1, 0.15) is 0 Å². The molecule has 1 heterocycles. The lowest BCUT2D eigenvalue weighted by molar-refractivity contribution is 0.753. The smallest absolute Gasteiger partial charge is 0.253 e. The number of pyridine rings is 1. The van der Waals surface area contributed by atoms with Gasteiger partial charge >= 0.3 is 0 Å². The highest BCUT2D eigenvalue weighted by Crippen LogP contribution is 2.25. The number of benzene rings is 1. The van der Waals surface area contributed by atoms with Crippen molar-refractivity contribution in [1.82, 2.24) is 4.57 Å². The summed E-state index contributed by atoms with van der Waals surface area (Å²) in [6.45, 7) is 2.22. The van der Waals surface area contributed by atoms with Crippen LogP contribution in [-0.4, -0.2) is 4.57 Å². The van der Waals surface area contributed by atoms with Crippen LogP contribution in [0.15, 0.2) is 41.3 Å². The van der Waals surface area contributed by atoms with E-state index < -0.39 is 0 Å². The van der Waals surface area contributed by atoms with Gasteiger partial charge in [-0.25, -0.2) is 0 Å². The maximum Gasteiger partial charge on any atom is 0.253 e. The molecule has 0 bridgehead atoms. The van der Waals surface area contributed by atoms with Crippen molar-refractivity contribution in [3.8, 4) is 0 Å². The van der Waals surface area contributed by atoms with E-state index in [9.17, 15) is 4.79 Å². The van der Waals surface area contributed by atoms with Crippen LogP contribution in [0.4, 0.5) is 0 Å². The Bertz CT molecular complexity index is 605. The topological polar surface area (TPSA) is 22.0 Å². The van der Waals surface area contributed by atoms with Gasteiger partial charge in [-0.2, -0.15) is 0 Å². The number of aryl methyl sites for hydroxylation is 1. The molecule has 0 fully saturated rings. The summed E-state index contributed by atoms with van der Waals surface area (Å²) >= 11 is 12.0. The van der Waals surface area contributed by atoms with Gasteiger partial charge < -0.3 is 4.57 Å². The van der Waals surface area contributed by atoms with Crippen LogP contribution in [0.3, 0.4) is 0 Å². The molecule has 88 valence electrons. The van der Waals surface area contributed by atoms with Gasteiger partial charge in [-0.15, -0.1) is 0 Å². The fourth-order valence-corrected chi connectivity index (χ4v) is 2.02. The van der Waals surface area contributed by atoms with Crippen molar-refractivity contribution in [3.63, 3.8) is 0 Å². The number of hydrogen-bond donors (Lipinski definition) is 0. The number of aromatic nitrogens is 1. The average molecular weight is 268 g/mol. The summed E-state index contributed by atoms with van der Waals surface area (Å²) in [4.78, 5) is 11.9. The fourth-order valence-electron chi connectivity index (χ4n) is 1.64. The standard InChI is InChI=1S/C13H11Cl2NO/c1-9-4-3-7-16(13(9)17)8-10-5-2-6-11(14)12(10)15/h2-7H,8H2,1H3. The third-order valence-corrected chi connectivity index (χ3v) is 3.44. The van der Waals surface area contributed by atoms with Crippen molar-refractivity contribution < 1.29 is 0 Å². The lowest BCUT2D eigenvalue weighted by Gasteiger charge is -2.09. The van der Waals surface area contributed by atoms with E-state index in [1.807, 2.05) is 18.2 Å². The minimum absolute atomic E-state index is 0.0106. The van der Waals surface area contributed by atoms with E-state index in [2.05, 4.69) is 0 Å². The Morgan fingerprint density at radius 2 is 1.94 bits per heavy atom. The van der Waals surface area contributed by atoms with Gasteiger partial charge in [0.25, 0.3) is 5.56 Å². The zero-order chi connectivity index (χ0) is 12.4. The van der Waals surface area contributed by atoms with Gasteiger partial charge in [-0.05, 0) is 24.6 Å². The first-order valence-electron chi connectivity index (χ1n) is 5.18. The highest BCUT2D eigenvalue weighted by Gasteiger charge is 2.06. The molecule has 0 atom stereocenters. The lowest BCUT2D eigenvalue weighted by atomic mass is 10.2. The molecule has 1 aromatic carbocycles. The third-order valence-electron chi connectivity index (χ3n) is 2.58. The van der Waals surface area contributed by atoms with Gasteiger partial charge in [0.05, 0.1) is 16.6 Å². The second-order valence-electron chi connectivity index (χ2n) is 3.84. The van der Waals surface area contributed by atoms with Crippen LogP contribution in [-0.2, 0) is 6.54 Å². The molecule has 0 radical (unpaired) electrons. The van der Waals surface area contributed by atoms with Crippen molar-refractivity contribution in [1.29, 1.82) is 0 Å². The minimum Gasteiger partial charge on any atom is -0.311 e. The molecule has 0 aliphatic carbocycles. The summed E-state index contributed by atoms with van der Waals surface area (Å²) in [7, 11) is 0. The van der Waals surface area contributed by atoms with Crippen LogP contribution < -0.4 is 5.56 Å². The van der Waals surface area contributed by atoms with Crippen molar-refractivity contribution in [3.05, 3.63) is 68.1 Å². The first kappa shape index (κ1) is 12.2. The maximum atomic E-state index is 11.9. The van der Waals surface area contributed by atoms with Crippen molar-refractivity contribution in [2.24, 2.45) is 0 Å². The summed E-state index contributed by atoms with van der Waals surface area (Å²) in [5.74, 6) is 0. The second-order valence-corrected chi connectivity index (χ2v) is 4.62. The van der Waals surface area contributed by atoms with Crippen molar-refractivity contribution in [2.75, 3.05) is 0 Å². The molecule has 0 N–H and O–H groups in total. The van der Waals surface area contributed by atoms with Crippen LogP contribution in [0.25, 0.3) is 0 Å². The van der Waals surface area contributed by atoms with Crippen LogP contribution in [0.5, 0.6) is 0 Å². The predicted octanol–water partition coefficient (Wildman–Crippen LogP) is 3.51. The molecular weight excluding hydrogens is 257 g/mol. The first-order chi connectivity index (χ1) is 8.09. The van der Waals surface area contributed by atoms with E-state index in [1.54, 1.807) is 29.8 Å². The molecule has 0 saturated carbocycles. The molecule has 0 spiro atoms. The zero-order valence-electron chi connectivity index (χ0n) is 9.28. The Morgan fingerprint density at radius 3 is 2.71 bits per heavy atom. The molecule has 0 saturated heterocycles. The number of halogens is 2. The van der Waals surface area contributed by atoms with Crippen LogP contribution in [0, 0.1) is 6.92 Å². The Kier molecular flexibility index (Phi) is 3.55. The summed E-state index contributed by atoms with van der Waals surface area (Å²) in [6.07, 6.45) is 1.74. The highest BCUT2D eigenvalue weighted by atomic mass is 35.5. The molecule has 0 aliphatic rings. The van der Waals surface area contributed by atoms with Gasteiger partial charge in [0.15, 0.2) is 0 Å². The van der Waals surface area contributed by atoms with Gasteiger partial charge in [-0.3, -0.25) is 4.79 Å². The predicted molar refractivity (Wildman–Crippen MR) is 71.0 cm³/mol. The van der Waals surface area contributed by atoms with E-state index in [-0.39, 0.29) is 5.56 Å². The van der Waals surface area contributed by atoms with Crippen LogP contribution in [0.2, 0.25) is 10.0 Å². The Labute approximate surface area is 109 Å². The minimum atomic E-state index is -0.0106. The van der Waals surface area contributed by atoms with E-state index in [1.165, 1.54) is 0 Å². The summed E-state index contributed by atoms with van der Waals surface area (Å²) in [6, 6.07) is 9.05. The third kappa shape index (κ3) is 2.54. The number of nitrogens with zero attached hydrogens (tertiary/aromatic N) is 1. The monoisotopic (exact) mass is 267 g/mol. The first-order valence-corrected chi connectivity index (χ1v) is 5.94. The van der Waals surface area contributed by atoms with Crippen molar-refractivity contribution in [2.45, 2.75) is 13.5 Å². The Morgan fingerprint density at radius 1 is 1.18 bits per heavy atom. The van der Waals surface area contributed by atoms with E-state index in [0.717, 1.165) is 5.56 Å². The van der Waals surface area contributed by atoms with Crippen LogP contribution >= 0.6 is 23.2 Å². The summed E-state index contributed by atoms with van der Waals surface area (Å²) in [5.41, 5.74) is 1.54. The summed E-state index contributed by atoms with van der Waals surface area (Å²) < 4.78 is 1.62. The lowest BCUT2D eigenvalue weighted by Crippen LogP contribution is -2.21. The molecular formula is C13H11Cl2NO. The Balaban J connectivity index is 2.42. The number of rotatable bonds is 2. The van der Waals surface area contributed by atoms with E-state index in [0.29, 0.717) is 22.2 Å². The SMILES string of the molecule is Cc1cccn(Cc2cccc(Cl)c2Cl)c1=O. The van der Waals surface area contributed by atoms with Gasteiger partial charge in [0, 0.05) is 11.8 Å². The maximum absolute atomic E-state index is 11.9. The molecule has 0 aliphatic heterocycles. The van der Waals surface area contributed by atoms with E-state index >= 15 is 0 Å². The molecule has 2 nitrogen and oxygen atoms in total. The van der Waals surface area contributed by atoms with Crippen LogP contribution in [0.1, 0.15) is 11.1 Å². The Hall–Kier alpha value is -1.25. The highest BCUT2D eigenvalue weighted by molar-refractivity contribution is 6.42. The molecule has 2 aromatic rings. The van der Waals surface area contributed by atoms with Gasteiger partial charge in [-0.1, -0.05) is 41.4 Å². The van der Waals surface area contributed by atoms with E-state index in [4.69, 9.17) is 23.2 Å². The van der Waals surface area contributed by atoms with Crippen molar-refractivity contribution >= 4 is 23.2 Å². The number of hydrogen-bond acceptors (Lipinski definition) is 1. The summed E-state index contributed by atoms with van der Waals surface area (Å²) in [5, 5.41) is 1.01. The molecule has 1 aromatic heterocycles. The zero-order valence-corrected chi connectivity index (χ0v) is 10.8. The van der Waals surface area contributed by atoms with Gasteiger partial charge in [0.2, 0.25) is 0 Å². The molecule has 0 amide bonds. The quantitative estimate of drug-likeness (QED) is 0.816. The second kappa shape index (κ2) is 4.94. The normalized spacial score (nSPS) is 10.5. The fraction of sp³-hybridized carbons (Fsp3) is 0.154. The molecule has 0 unspecified atom stereocenters. The molecule has 2 rings (SSSR count). The largest absolute Gasteiger partial charge is 0.311 e.